The number of nitrogens with one attached hydrogen (secondary N) is 1. The number of nitrogens with zero attached hydrogens (tertiary/aromatic N) is 8. The molecule has 1 fully saturated rings. The van der Waals surface area contributed by atoms with Crippen LogP contribution in [-0.4, -0.2) is 60.1 Å². The van der Waals surface area contributed by atoms with Crippen molar-refractivity contribution in [2.24, 2.45) is 0 Å². The van der Waals surface area contributed by atoms with Gasteiger partial charge in [0.15, 0.2) is 27.1 Å². The molecule has 0 bridgehead atoms. The van der Waals surface area contributed by atoms with E-state index in [2.05, 4.69) is 40.2 Å². The first-order chi connectivity index (χ1) is 19.0. The lowest BCUT2D eigenvalue weighted by Gasteiger charge is -2.19. The molecule has 0 unspecified atom stereocenters. The molecule has 0 aliphatic heterocycles. The molecule has 210 valence electrons. The SMILES string of the molecule is CCS(=O)(=O)c1cnc(CNc2nc3c(C)nc(-c4c(C)ncnc4C4CC4)nc3n([C@H](C)C(F)F)c2=O)nc1. The van der Waals surface area contributed by atoms with Gasteiger partial charge in [0.25, 0.3) is 12.0 Å². The Morgan fingerprint density at radius 2 is 1.75 bits per heavy atom. The number of hydrogen-bond acceptors (Lipinski definition) is 11. The van der Waals surface area contributed by atoms with Crippen molar-refractivity contribution >= 4 is 26.8 Å². The molecule has 4 aromatic heterocycles. The molecular formula is C25H27F2N9O3S. The lowest BCUT2D eigenvalue weighted by Crippen LogP contribution is -2.31. The van der Waals surface area contributed by atoms with Gasteiger partial charge in [-0.25, -0.2) is 52.1 Å². The largest absolute Gasteiger partial charge is 0.358 e. The van der Waals surface area contributed by atoms with Gasteiger partial charge < -0.3 is 5.32 Å². The predicted molar refractivity (Wildman–Crippen MR) is 142 cm³/mol. The van der Waals surface area contributed by atoms with Crippen molar-refractivity contribution in [3.8, 4) is 11.4 Å². The average Bonchev–Trinajstić information content (AvgIpc) is 3.77. The number of sulfone groups is 1. The Labute approximate surface area is 228 Å². The van der Waals surface area contributed by atoms with Gasteiger partial charge in [-0.1, -0.05) is 6.92 Å². The van der Waals surface area contributed by atoms with E-state index in [4.69, 9.17) is 0 Å². The molecule has 1 saturated carbocycles. The summed E-state index contributed by atoms with van der Waals surface area (Å²) in [6.07, 6.45) is 2.92. The molecule has 0 radical (unpaired) electrons. The first kappa shape index (κ1) is 27.6. The molecule has 1 N–H and O–H groups in total. The zero-order valence-corrected chi connectivity index (χ0v) is 23.1. The fraction of sp³-hybridized carbons (Fsp3) is 0.440. The molecule has 5 rings (SSSR count). The zero-order valence-electron chi connectivity index (χ0n) is 22.3. The summed E-state index contributed by atoms with van der Waals surface area (Å²) >= 11 is 0. The fourth-order valence-corrected chi connectivity index (χ4v) is 5.06. The van der Waals surface area contributed by atoms with Crippen molar-refractivity contribution in [3.63, 3.8) is 0 Å². The van der Waals surface area contributed by atoms with Crippen molar-refractivity contribution in [2.75, 3.05) is 11.1 Å². The van der Waals surface area contributed by atoms with E-state index in [1.54, 1.807) is 13.8 Å². The topological polar surface area (TPSA) is 158 Å². The van der Waals surface area contributed by atoms with Gasteiger partial charge in [0, 0.05) is 18.3 Å². The van der Waals surface area contributed by atoms with Crippen LogP contribution in [0.15, 0.2) is 28.4 Å². The number of aryl methyl sites for hydroxylation is 2. The van der Waals surface area contributed by atoms with Gasteiger partial charge in [0.1, 0.15) is 22.6 Å². The van der Waals surface area contributed by atoms with E-state index in [1.807, 2.05) is 0 Å². The molecule has 1 aliphatic carbocycles. The summed E-state index contributed by atoms with van der Waals surface area (Å²) in [5.41, 5.74) is 1.80. The maximum absolute atomic E-state index is 14.0. The van der Waals surface area contributed by atoms with Crippen LogP contribution in [0.25, 0.3) is 22.6 Å². The summed E-state index contributed by atoms with van der Waals surface area (Å²) in [4.78, 5) is 43.8. The Kier molecular flexibility index (Phi) is 7.25. The Bertz CT molecular complexity index is 1760. The standard InChI is InChI=1S/C25H27F2N9O3S/c1-5-40(38,39)16-8-28-17(29-9-16)10-30-23-25(37)36(14(4)21(26)27)24-19(34-23)13(3)33-22(35-24)18-12(2)31-11-32-20(18)15-6-7-15/h8-9,11,14-15,21H,5-7,10H2,1-4H3,(H,30,34)/t14-/m1/s1. The average molecular weight is 572 g/mol. The molecule has 12 nitrogen and oxygen atoms in total. The molecule has 4 aromatic rings. The predicted octanol–water partition coefficient (Wildman–Crippen LogP) is 3.16. The van der Waals surface area contributed by atoms with Crippen LogP contribution in [0.4, 0.5) is 14.6 Å². The molecule has 0 saturated heterocycles. The number of rotatable bonds is 9. The quantitative estimate of drug-likeness (QED) is 0.314. The van der Waals surface area contributed by atoms with Gasteiger partial charge in [0.05, 0.1) is 41.0 Å². The van der Waals surface area contributed by atoms with Crippen LogP contribution in [-0.2, 0) is 16.4 Å². The first-order valence-electron chi connectivity index (χ1n) is 12.7. The third-order valence-corrected chi connectivity index (χ3v) is 8.46. The van der Waals surface area contributed by atoms with Crippen molar-refractivity contribution < 1.29 is 17.2 Å². The normalized spacial score (nSPS) is 14.6. The first-order valence-corrected chi connectivity index (χ1v) is 14.4. The fourth-order valence-electron chi connectivity index (χ4n) is 4.30. The molecule has 0 spiro atoms. The summed E-state index contributed by atoms with van der Waals surface area (Å²) in [5.74, 6) is 0.365. The molecule has 4 heterocycles. The van der Waals surface area contributed by atoms with Crippen LogP contribution in [0.1, 0.15) is 61.6 Å². The summed E-state index contributed by atoms with van der Waals surface area (Å²) in [7, 11) is -3.48. The van der Waals surface area contributed by atoms with Gasteiger partial charge in [0.2, 0.25) is 0 Å². The van der Waals surface area contributed by atoms with Crippen LogP contribution in [0.3, 0.4) is 0 Å². The van der Waals surface area contributed by atoms with E-state index in [0.29, 0.717) is 17.0 Å². The van der Waals surface area contributed by atoms with Crippen LogP contribution in [0.5, 0.6) is 0 Å². The highest BCUT2D eigenvalue weighted by atomic mass is 32.2. The molecule has 1 atom stereocenters. The number of alkyl halides is 2. The van der Waals surface area contributed by atoms with E-state index in [-0.39, 0.29) is 51.7 Å². The van der Waals surface area contributed by atoms with Gasteiger partial charge in [-0.3, -0.25) is 9.36 Å². The smallest absolute Gasteiger partial charge is 0.295 e. The number of aromatic nitrogens is 8. The Balaban J connectivity index is 1.59. The lowest BCUT2D eigenvalue weighted by atomic mass is 10.1. The highest BCUT2D eigenvalue weighted by Gasteiger charge is 2.31. The van der Waals surface area contributed by atoms with Gasteiger partial charge in [-0.15, -0.1) is 0 Å². The monoisotopic (exact) mass is 571 g/mol. The van der Waals surface area contributed by atoms with Crippen LogP contribution < -0.4 is 10.9 Å². The summed E-state index contributed by atoms with van der Waals surface area (Å²) < 4.78 is 52.9. The van der Waals surface area contributed by atoms with Crippen LogP contribution >= 0.6 is 0 Å². The minimum atomic E-state index is -3.48. The highest BCUT2D eigenvalue weighted by Crippen LogP contribution is 2.43. The second-order valence-corrected chi connectivity index (χ2v) is 11.9. The van der Waals surface area contributed by atoms with E-state index >= 15 is 0 Å². The molecule has 0 aromatic carbocycles. The maximum atomic E-state index is 14.0. The molecule has 40 heavy (non-hydrogen) atoms. The second-order valence-electron chi connectivity index (χ2n) is 9.60. The molecule has 1 aliphatic rings. The Morgan fingerprint density at radius 1 is 1.05 bits per heavy atom. The Morgan fingerprint density at radius 3 is 2.38 bits per heavy atom. The van der Waals surface area contributed by atoms with Crippen LogP contribution in [0.2, 0.25) is 0 Å². The Hall–Kier alpha value is -4.01. The zero-order chi connectivity index (χ0) is 28.8. The minimum absolute atomic E-state index is 0.0248. The number of fused-ring (bicyclic) bond motifs is 1. The van der Waals surface area contributed by atoms with Crippen LogP contribution in [0, 0.1) is 13.8 Å². The lowest BCUT2D eigenvalue weighted by molar-refractivity contribution is 0.0916. The molecular weight excluding hydrogens is 544 g/mol. The molecule has 0 amide bonds. The van der Waals surface area contributed by atoms with Gasteiger partial charge >= 0.3 is 0 Å². The number of halogens is 2. The maximum Gasteiger partial charge on any atom is 0.295 e. The molecule has 15 heteroatoms. The number of hydrogen-bond donors (Lipinski definition) is 1. The van der Waals surface area contributed by atoms with Gasteiger partial charge in [-0.2, -0.15) is 0 Å². The van der Waals surface area contributed by atoms with E-state index in [1.165, 1.54) is 32.6 Å². The van der Waals surface area contributed by atoms with Crippen molar-refractivity contribution in [3.05, 3.63) is 52.0 Å². The second kappa shape index (κ2) is 10.5. The van der Waals surface area contributed by atoms with Crippen molar-refractivity contribution in [1.82, 2.24) is 39.5 Å². The summed E-state index contributed by atoms with van der Waals surface area (Å²) in [5, 5.41) is 2.80. The van der Waals surface area contributed by atoms with E-state index < -0.39 is 27.9 Å². The van der Waals surface area contributed by atoms with Crippen molar-refractivity contribution in [1.29, 1.82) is 0 Å². The van der Waals surface area contributed by atoms with Gasteiger partial charge in [-0.05, 0) is 33.6 Å². The van der Waals surface area contributed by atoms with Crippen molar-refractivity contribution in [2.45, 2.75) is 70.4 Å². The minimum Gasteiger partial charge on any atom is -0.358 e. The highest BCUT2D eigenvalue weighted by molar-refractivity contribution is 7.91. The summed E-state index contributed by atoms with van der Waals surface area (Å²) in [6.45, 7) is 6.11. The number of anilines is 1. The summed E-state index contributed by atoms with van der Waals surface area (Å²) in [6, 6.07) is -1.52. The third kappa shape index (κ3) is 5.12. The van der Waals surface area contributed by atoms with E-state index in [9.17, 15) is 22.0 Å². The van der Waals surface area contributed by atoms with E-state index in [0.717, 1.165) is 23.1 Å². The third-order valence-electron chi connectivity index (χ3n) is 6.77.